The Labute approximate surface area is 101 Å². The highest BCUT2D eigenvalue weighted by molar-refractivity contribution is 7.99. The largest absolute Gasteiger partial charge is 0.122 e. The van der Waals surface area contributed by atoms with Crippen molar-refractivity contribution in [2.75, 3.05) is 5.75 Å². The smallest absolute Gasteiger partial charge is 0.0163 e. The van der Waals surface area contributed by atoms with Crippen LogP contribution in [0.15, 0.2) is 59.0 Å². The molecule has 0 aliphatic heterocycles. The van der Waals surface area contributed by atoms with Crippen LogP contribution in [0.1, 0.15) is 13.8 Å². The summed E-state index contributed by atoms with van der Waals surface area (Å²) in [6, 6.07) is 15.1. The zero-order chi connectivity index (χ0) is 11.4. The van der Waals surface area contributed by atoms with Crippen molar-refractivity contribution in [2.24, 2.45) is 0 Å². The number of rotatable bonds is 3. The Hall–Kier alpha value is -1.21. The van der Waals surface area contributed by atoms with Crippen LogP contribution in [0.5, 0.6) is 0 Å². The molecule has 0 aliphatic rings. The number of fused-ring (bicyclic) bond motifs is 1. The van der Waals surface area contributed by atoms with Crippen LogP contribution in [0.25, 0.3) is 10.8 Å². The van der Waals surface area contributed by atoms with Gasteiger partial charge >= 0.3 is 0 Å². The second-order valence-corrected chi connectivity index (χ2v) is 5.19. The number of hydrogen-bond donors (Lipinski definition) is 0. The molecule has 0 bridgehead atoms. The maximum atomic E-state index is 2.26. The molecule has 2 rings (SSSR count). The van der Waals surface area contributed by atoms with Gasteiger partial charge in [0.05, 0.1) is 0 Å². The van der Waals surface area contributed by atoms with Crippen molar-refractivity contribution >= 4 is 22.5 Å². The summed E-state index contributed by atoms with van der Waals surface area (Å²) < 4.78 is 0. The zero-order valence-corrected chi connectivity index (χ0v) is 10.6. The van der Waals surface area contributed by atoms with E-state index in [4.69, 9.17) is 0 Å². The Morgan fingerprint density at radius 3 is 2.56 bits per heavy atom. The Bertz CT molecular complexity index is 508. The van der Waals surface area contributed by atoms with Crippen LogP contribution in [0.3, 0.4) is 0 Å². The van der Waals surface area contributed by atoms with Gasteiger partial charge in [0.2, 0.25) is 0 Å². The van der Waals surface area contributed by atoms with Crippen LogP contribution in [-0.4, -0.2) is 5.75 Å². The minimum absolute atomic E-state index is 1.06. The van der Waals surface area contributed by atoms with E-state index in [-0.39, 0.29) is 0 Å². The average molecular weight is 228 g/mol. The molecule has 0 spiro atoms. The van der Waals surface area contributed by atoms with Gasteiger partial charge < -0.3 is 0 Å². The Morgan fingerprint density at radius 2 is 1.81 bits per heavy atom. The maximum absolute atomic E-state index is 2.26. The summed E-state index contributed by atoms with van der Waals surface area (Å²) in [4.78, 5) is 1.34. The average Bonchev–Trinajstić information content (AvgIpc) is 2.28. The van der Waals surface area contributed by atoms with Crippen LogP contribution < -0.4 is 0 Å². The number of allylic oxidation sites excluding steroid dienone is 1. The molecule has 16 heavy (non-hydrogen) atoms. The minimum atomic E-state index is 1.06. The first kappa shape index (κ1) is 11.3. The van der Waals surface area contributed by atoms with Gasteiger partial charge in [0, 0.05) is 10.6 Å². The van der Waals surface area contributed by atoms with E-state index in [1.807, 2.05) is 11.8 Å². The highest BCUT2D eigenvalue weighted by atomic mass is 32.2. The molecule has 0 saturated carbocycles. The second-order valence-electron chi connectivity index (χ2n) is 4.10. The van der Waals surface area contributed by atoms with Crippen LogP contribution in [0.2, 0.25) is 0 Å². The summed E-state index contributed by atoms with van der Waals surface area (Å²) in [6.07, 6.45) is 2.26. The molecule has 0 N–H and O–H groups in total. The molecule has 0 aromatic heterocycles. The zero-order valence-electron chi connectivity index (χ0n) is 9.73. The van der Waals surface area contributed by atoms with Crippen LogP contribution in [0.4, 0.5) is 0 Å². The molecule has 0 nitrogen and oxygen atoms in total. The third-order valence-corrected chi connectivity index (χ3v) is 3.38. The first-order chi connectivity index (χ1) is 7.75. The van der Waals surface area contributed by atoms with E-state index in [0.29, 0.717) is 0 Å². The predicted molar refractivity (Wildman–Crippen MR) is 74.1 cm³/mol. The van der Waals surface area contributed by atoms with Crippen molar-refractivity contribution < 1.29 is 0 Å². The van der Waals surface area contributed by atoms with Gasteiger partial charge in [0.25, 0.3) is 0 Å². The maximum Gasteiger partial charge on any atom is 0.0163 e. The van der Waals surface area contributed by atoms with Gasteiger partial charge in [-0.15, -0.1) is 11.8 Å². The molecule has 1 heteroatoms. The van der Waals surface area contributed by atoms with E-state index in [2.05, 4.69) is 62.4 Å². The summed E-state index contributed by atoms with van der Waals surface area (Å²) >= 11 is 1.89. The summed E-state index contributed by atoms with van der Waals surface area (Å²) in [5, 5.41) is 2.64. The summed E-state index contributed by atoms with van der Waals surface area (Å²) in [5.41, 5.74) is 1.38. The van der Waals surface area contributed by atoms with Crippen LogP contribution >= 0.6 is 11.8 Å². The molecule has 0 aliphatic carbocycles. The highest BCUT2D eigenvalue weighted by Gasteiger charge is 1.95. The van der Waals surface area contributed by atoms with Gasteiger partial charge in [-0.25, -0.2) is 0 Å². The van der Waals surface area contributed by atoms with Gasteiger partial charge in [0.1, 0.15) is 0 Å². The van der Waals surface area contributed by atoms with Gasteiger partial charge in [-0.2, -0.15) is 0 Å². The van der Waals surface area contributed by atoms with Gasteiger partial charge in [-0.1, -0.05) is 42.0 Å². The topological polar surface area (TPSA) is 0 Å². The van der Waals surface area contributed by atoms with E-state index in [1.54, 1.807) is 0 Å². The SMILES string of the molecule is CC(C)=CCSc1ccc2ccccc2c1. The quantitative estimate of drug-likeness (QED) is 0.532. The van der Waals surface area contributed by atoms with Crippen molar-refractivity contribution in [2.45, 2.75) is 18.7 Å². The molecule has 2 aromatic rings. The van der Waals surface area contributed by atoms with Crippen molar-refractivity contribution in [3.8, 4) is 0 Å². The lowest BCUT2D eigenvalue weighted by Crippen LogP contribution is -1.77. The fourth-order valence-corrected chi connectivity index (χ4v) is 2.55. The monoisotopic (exact) mass is 228 g/mol. The first-order valence-corrected chi connectivity index (χ1v) is 6.49. The van der Waals surface area contributed by atoms with E-state index in [9.17, 15) is 0 Å². The van der Waals surface area contributed by atoms with Gasteiger partial charge in [-0.05, 0) is 36.8 Å². The standard InChI is InChI=1S/C15H16S/c1-12(2)9-10-16-15-8-7-13-5-3-4-6-14(13)11-15/h3-9,11H,10H2,1-2H3. The number of benzene rings is 2. The molecule has 0 atom stereocenters. The lowest BCUT2D eigenvalue weighted by Gasteiger charge is -2.02. The Morgan fingerprint density at radius 1 is 1.06 bits per heavy atom. The van der Waals surface area contributed by atoms with Gasteiger partial charge in [-0.3, -0.25) is 0 Å². The van der Waals surface area contributed by atoms with E-state index < -0.39 is 0 Å². The molecule has 82 valence electrons. The first-order valence-electron chi connectivity index (χ1n) is 5.51. The van der Waals surface area contributed by atoms with Crippen molar-refractivity contribution in [1.82, 2.24) is 0 Å². The lowest BCUT2D eigenvalue weighted by atomic mass is 10.1. The minimum Gasteiger partial charge on any atom is -0.122 e. The highest BCUT2D eigenvalue weighted by Crippen LogP contribution is 2.23. The fraction of sp³-hybridized carbons (Fsp3) is 0.200. The molecule has 0 saturated heterocycles. The predicted octanol–water partition coefficient (Wildman–Crippen LogP) is 4.90. The third kappa shape index (κ3) is 2.89. The van der Waals surface area contributed by atoms with Crippen LogP contribution in [0, 0.1) is 0 Å². The van der Waals surface area contributed by atoms with E-state index in [0.717, 1.165) is 5.75 Å². The third-order valence-electron chi connectivity index (χ3n) is 2.46. The Kier molecular flexibility index (Phi) is 3.68. The second kappa shape index (κ2) is 5.22. The molecule has 0 heterocycles. The van der Waals surface area contributed by atoms with Crippen molar-refractivity contribution in [3.63, 3.8) is 0 Å². The van der Waals surface area contributed by atoms with Crippen molar-refractivity contribution in [1.29, 1.82) is 0 Å². The number of hydrogen-bond acceptors (Lipinski definition) is 1. The fourth-order valence-electron chi connectivity index (χ4n) is 1.56. The molecule has 0 amide bonds. The van der Waals surface area contributed by atoms with E-state index in [1.165, 1.54) is 21.2 Å². The Balaban J connectivity index is 2.16. The van der Waals surface area contributed by atoms with Crippen LogP contribution in [-0.2, 0) is 0 Å². The molecular formula is C15H16S. The summed E-state index contributed by atoms with van der Waals surface area (Å²) in [7, 11) is 0. The molecule has 0 fully saturated rings. The van der Waals surface area contributed by atoms with Gasteiger partial charge in [0.15, 0.2) is 0 Å². The van der Waals surface area contributed by atoms with Crippen molar-refractivity contribution in [3.05, 3.63) is 54.1 Å². The molecule has 0 unspecified atom stereocenters. The van der Waals surface area contributed by atoms with E-state index >= 15 is 0 Å². The summed E-state index contributed by atoms with van der Waals surface area (Å²) in [5.74, 6) is 1.06. The summed E-state index contributed by atoms with van der Waals surface area (Å²) in [6.45, 7) is 4.28. The molecule has 2 aromatic carbocycles. The molecular weight excluding hydrogens is 212 g/mol. The molecule has 0 radical (unpaired) electrons. The number of thioether (sulfide) groups is 1. The lowest BCUT2D eigenvalue weighted by molar-refractivity contribution is 1.37. The normalized spacial score (nSPS) is 10.4.